The van der Waals surface area contributed by atoms with Crippen molar-refractivity contribution in [2.75, 3.05) is 64.1 Å². The van der Waals surface area contributed by atoms with Crippen LogP contribution in [0.25, 0.3) is 10.2 Å². The Morgan fingerprint density at radius 2 is 1.60 bits per heavy atom. The number of likely N-dealkylation sites (tertiary alicyclic amines) is 1. The maximum absolute atomic E-state index is 15.3. The van der Waals surface area contributed by atoms with Crippen LogP contribution in [0.3, 0.4) is 0 Å². The molecule has 1 aliphatic heterocycles. The van der Waals surface area contributed by atoms with Crippen molar-refractivity contribution in [2.24, 2.45) is 11.8 Å². The first-order valence-electron chi connectivity index (χ1n) is 26.7. The Balaban J connectivity index is 0.643. The first-order chi connectivity index (χ1) is 36.2. The van der Waals surface area contributed by atoms with Gasteiger partial charge in [0.1, 0.15) is 16.5 Å². The van der Waals surface area contributed by atoms with Crippen molar-refractivity contribution in [1.29, 1.82) is 0 Å². The van der Waals surface area contributed by atoms with Crippen molar-refractivity contribution >= 4 is 66.0 Å². The summed E-state index contributed by atoms with van der Waals surface area (Å²) in [6.45, 7) is 2.09. The van der Waals surface area contributed by atoms with E-state index in [1.54, 1.807) is 48.6 Å². The number of carbonyl (C=O) groups is 4. The quantitative estimate of drug-likeness (QED) is 0.0450. The number of pyridine rings is 1. The van der Waals surface area contributed by atoms with Crippen LogP contribution >= 0.6 is 11.3 Å². The Bertz CT molecular complexity index is 2660. The summed E-state index contributed by atoms with van der Waals surface area (Å²) in [4.78, 5) is 63.2. The summed E-state index contributed by atoms with van der Waals surface area (Å²) < 4.78 is 63.1. The third-order valence-electron chi connectivity index (χ3n) is 15.1. The summed E-state index contributed by atoms with van der Waals surface area (Å²) in [6, 6.07) is 13.3. The molecule has 1 saturated heterocycles. The van der Waals surface area contributed by atoms with Gasteiger partial charge in [-0.1, -0.05) is 30.2 Å². The van der Waals surface area contributed by atoms with Gasteiger partial charge in [-0.15, -0.1) is 0 Å². The van der Waals surface area contributed by atoms with E-state index in [-0.39, 0.29) is 71.4 Å². The minimum absolute atomic E-state index is 0.00364. The second-order valence-corrected chi connectivity index (χ2v) is 23.3. The van der Waals surface area contributed by atoms with Crippen LogP contribution in [0, 0.1) is 17.7 Å². The zero-order valence-corrected chi connectivity index (χ0v) is 45.0. The van der Waals surface area contributed by atoms with Gasteiger partial charge in [0.05, 0.1) is 47.6 Å². The third-order valence-corrected chi connectivity index (χ3v) is 17.6. The van der Waals surface area contributed by atoms with E-state index in [4.69, 9.17) is 14.2 Å². The maximum atomic E-state index is 15.3. The molecule has 4 fully saturated rings. The highest BCUT2D eigenvalue weighted by atomic mass is 32.2. The molecule has 4 aliphatic rings. The van der Waals surface area contributed by atoms with Crippen LogP contribution in [0.5, 0.6) is 5.75 Å². The van der Waals surface area contributed by atoms with Gasteiger partial charge in [0, 0.05) is 81.7 Å². The summed E-state index contributed by atoms with van der Waals surface area (Å²) >= 11 is 1.12. The summed E-state index contributed by atoms with van der Waals surface area (Å²) in [5.41, 5.74) is 1.96. The number of thiazole rings is 1. The second kappa shape index (κ2) is 26.5. The minimum Gasteiger partial charge on any atom is -0.493 e. The lowest BCUT2D eigenvalue weighted by atomic mass is 9.85. The van der Waals surface area contributed by atoms with Gasteiger partial charge in [-0.05, 0) is 139 Å². The zero-order chi connectivity index (χ0) is 52.9. The summed E-state index contributed by atoms with van der Waals surface area (Å²) in [7, 11) is 1.55. The molecular weight excluding hydrogens is 1000 g/mol. The fourth-order valence-electron chi connectivity index (χ4n) is 11.0. The number of carbonyl (C=O) groups excluding carboxylic acids is 4. The van der Waals surface area contributed by atoms with E-state index in [0.717, 1.165) is 81.1 Å². The van der Waals surface area contributed by atoms with Gasteiger partial charge in [-0.2, -0.15) is 0 Å². The van der Waals surface area contributed by atoms with Crippen molar-refractivity contribution in [3.05, 3.63) is 72.3 Å². The summed E-state index contributed by atoms with van der Waals surface area (Å²) in [5.74, 6) is -1.04. The van der Waals surface area contributed by atoms with Gasteiger partial charge in [0.2, 0.25) is 23.6 Å². The van der Waals surface area contributed by atoms with Gasteiger partial charge in [0.25, 0.3) is 10.0 Å². The molecule has 21 heteroatoms. The summed E-state index contributed by atoms with van der Waals surface area (Å²) in [5, 5.41) is 12.7. The number of sulfonamides is 1. The predicted molar refractivity (Wildman–Crippen MR) is 285 cm³/mol. The number of amides is 4. The SMILES string of the molecule is CN(C)[C@@H]1CCCC[C@H]1Nc1ccc(S(=O)(=O)Nc2nc3ccc(OCCCNC(=O)C4CCC(NC(=O)CCCOC5CCC(OCCNC(=O)[C@H]6CC(=O)N(C)[C@@H]6c6cccnc6)CC5)CC4)cc3s2)c(F)c1. The first kappa shape index (κ1) is 55.7. The monoisotopic (exact) mass is 1080 g/mol. The molecule has 4 amide bonds. The van der Waals surface area contributed by atoms with Crippen LogP contribution in [-0.2, 0) is 38.7 Å². The third kappa shape index (κ3) is 15.4. The Morgan fingerprint density at radius 1 is 0.853 bits per heavy atom. The number of nitrogens with one attached hydrogen (secondary N) is 5. The standard InChI is InChI=1S/C54H74FN9O9S2/c1-63(2)46-11-5-4-10-44(46)59-38-17-24-48(43(55)31-38)75(69,70)62-54-61-45-23-22-41(32-47(45)74-54)72-29-8-26-57-52(67)35-13-15-37(16-14-35)60-49(65)12-7-28-71-39-18-20-40(21-19-39)73-30-27-58-53(68)42-33-50(66)64(3)51(42)36-9-6-25-56-34-36/h6,9,17,22-25,31-32,34-35,37,39-40,42,44,46,51,59H,4-5,7-8,10-16,18-21,26-30,33H2,1-3H3,(H,57,67)(H,58,68)(H,60,65)(H,61,62)/t35?,37?,39?,40?,42-,44+,46+,51+/m0/s1. The number of ether oxygens (including phenoxy) is 3. The molecular formula is C54H74FN9O9S2. The molecule has 3 aliphatic carbocycles. The van der Waals surface area contributed by atoms with E-state index in [1.807, 2.05) is 26.2 Å². The normalized spacial score (nSPS) is 24.2. The van der Waals surface area contributed by atoms with Crippen molar-refractivity contribution in [1.82, 2.24) is 35.7 Å². The average Bonchev–Trinajstić information content (AvgIpc) is 3.94. The number of anilines is 2. The topological polar surface area (TPSA) is 223 Å². The highest BCUT2D eigenvalue weighted by Crippen LogP contribution is 2.37. The maximum Gasteiger partial charge on any atom is 0.266 e. The molecule has 3 heterocycles. The average molecular weight is 1080 g/mol. The smallest absolute Gasteiger partial charge is 0.266 e. The van der Waals surface area contributed by atoms with Crippen molar-refractivity contribution in [2.45, 2.75) is 144 Å². The van der Waals surface area contributed by atoms with Gasteiger partial charge >= 0.3 is 0 Å². The second-order valence-electron chi connectivity index (χ2n) is 20.7. The number of aromatic nitrogens is 2. The number of hydrogen-bond acceptors (Lipinski definition) is 14. The molecule has 0 bridgehead atoms. The highest BCUT2D eigenvalue weighted by molar-refractivity contribution is 7.93. The van der Waals surface area contributed by atoms with E-state index in [2.05, 4.69) is 40.9 Å². The number of hydrogen-bond donors (Lipinski definition) is 5. The highest BCUT2D eigenvalue weighted by Gasteiger charge is 2.43. The molecule has 4 atom stereocenters. The number of fused-ring (bicyclic) bond motifs is 1. The molecule has 3 saturated carbocycles. The van der Waals surface area contributed by atoms with Crippen molar-refractivity contribution < 1.29 is 46.2 Å². The Morgan fingerprint density at radius 3 is 2.33 bits per heavy atom. The first-order valence-corrected chi connectivity index (χ1v) is 29.0. The fraction of sp³-hybridized carbons (Fsp3) is 0.593. The van der Waals surface area contributed by atoms with Crippen LogP contribution in [-0.4, -0.2) is 136 Å². The zero-order valence-electron chi connectivity index (χ0n) is 43.4. The lowest BCUT2D eigenvalue weighted by Gasteiger charge is -2.37. The molecule has 18 nitrogen and oxygen atoms in total. The van der Waals surface area contributed by atoms with E-state index in [9.17, 15) is 27.6 Å². The predicted octanol–water partition coefficient (Wildman–Crippen LogP) is 6.94. The van der Waals surface area contributed by atoms with Crippen molar-refractivity contribution in [3.63, 3.8) is 0 Å². The van der Waals surface area contributed by atoms with Crippen molar-refractivity contribution in [3.8, 4) is 5.75 Å². The Hall–Kier alpha value is -5.48. The summed E-state index contributed by atoms with van der Waals surface area (Å²) in [6.07, 6.45) is 16.0. The number of rotatable bonds is 24. The molecule has 4 aromatic rings. The number of nitrogens with zero attached hydrogens (tertiary/aromatic N) is 4. The molecule has 408 valence electrons. The largest absolute Gasteiger partial charge is 0.493 e. The van der Waals surface area contributed by atoms with Crippen LogP contribution in [0.4, 0.5) is 15.2 Å². The van der Waals surface area contributed by atoms with Gasteiger partial charge < -0.3 is 45.3 Å². The number of halogens is 1. The van der Waals surface area contributed by atoms with E-state index in [1.165, 1.54) is 12.1 Å². The van der Waals surface area contributed by atoms with Crippen LogP contribution < -0.4 is 30.7 Å². The fourth-order valence-corrected chi connectivity index (χ4v) is 13.2. The molecule has 8 rings (SSSR count). The number of likely N-dealkylation sites (N-methyl/N-ethyl adjacent to an activating group) is 1. The molecule has 0 radical (unpaired) electrons. The van der Waals surface area contributed by atoms with E-state index >= 15 is 4.39 Å². The molecule has 75 heavy (non-hydrogen) atoms. The number of benzene rings is 2. The van der Waals surface area contributed by atoms with Crippen LogP contribution in [0.1, 0.15) is 114 Å². The van der Waals surface area contributed by atoms with Gasteiger partial charge in [-0.25, -0.2) is 17.8 Å². The van der Waals surface area contributed by atoms with Crippen LogP contribution in [0.15, 0.2) is 65.8 Å². The lowest BCUT2D eigenvalue weighted by molar-refractivity contribution is -0.128. The van der Waals surface area contributed by atoms with E-state index < -0.39 is 26.7 Å². The molecule has 5 N–H and O–H groups in total. The minimum atomic E-state index is -4.25. The Labute approximate surface area is 444 Å². The molecule has 0 unspecified atom stereocenters. The molecule has 2 aromatic heterocycles. The Kier molecular flexibility index (Phi) is 19.7. The van der Waals surface area contributed by atoms with Crippen LogP contribution in [0.2, 0.25) is 0 Å². The lowest BCUT2D eigenvalue weighted by Crippen LogP contribution is -2.45. The molecule has 2 aromatic carbocycles. The van der Waals surface area contributed by atoms with E-state index in [0.29, 0.717) is 92.7 Å². The van der Waals surface area contributed by atoms with Gasteiger partial charge in [0.15, 0.2) is 5.13 Å². The van der Waals surface area contributed by atoms with Gasteiger partial charge in [-0.3, -0.25) is 28.9 Å². The molecule has 0 spiro atoms.